The molecule has 1 atom stereocenters. The topological polar surface area (TPSA) is 46.6 Å². The summed E-state index contributed by atoms with van der Waals surface area (Å²) in [6.45, 7) is -0.0735. The summed E-state index contributed by atoms with van der Waals surface area (Å²) < 4.78 is 4.66. The zero-order valence-electron chi connectivity index (χ0n) is 5.78. The van der Waals surface area contributed by atoms with Gasteiger partial charge in [0, 0.05) is 5.75 Å². The number of morpholine rings is 1. The number of nitrogens with zero attached hydrogens (tertiary/aromatic N) is 1. The standard InChI is InChI=1S/C6H7NO3S/c8-5-1-10-6(9)4-2-11-3-7(4)5/h4H,1-3H2/t4-/m0/s1. The van der Waals surface area contributed by atoms with Crippen LogP contribution >= 0.6 is 11.8 Å². The maximum atomic E-state index is 11.1. The van der Waals surface area contributed by atoms with Crippen LogP contribution in [0.25, 0.3) is 0 Å². The maximum absolute atomic E-state index is 11.1. The minimum Gasteiger partial charge on any atom is -0.454 e. The molecular formula is C6H7NO3S. The van der Waals surface area contributed by atoms with Gasteiger partial charge in [0.1, 0.15) is 6.04 Å². The molecule has 0 aromatic heterocycles. The molecule has 0 aromatic rings. The number of carbonyl (C=O) groups is 2. The molecule has 0 N–H and O–H groups in total. The quantitative estimate of drug-likeness (QED) is 0.461. The molecule has 0 aliphatic carbocycles. The highest BCUT2D eigenvalue weighted by molar-refractivity contribution is 7.99. The average molecular weight is 173 g/mol. The zero-order chi connectivity index (χ0) is 7.84. The Morgan fingerprint density at radius 1 is 1.55 bits per heavy atom. The van der Waals surface area contributed by atoms with Crippen LogP contribution in [0.15, 0.2) is 0 Å². The van der Waals surface area contributed by atoms with E-state index in [1.54, 1.807) is 16.7 Å². The lowest BCUT2D eigenvalue weighted by atomic mass is 10.2. The molecule has 11 heavy (non-hydrogen) atoms. The van der Waals surface area contributed by atoms with Gasteiger partial charge in [0.25, 0.3) is 5.91 Å². The largest absolute Gasteiger partial charge is 0.454 e. The zero-order valence-corrected chi connectivity index (χ0v) is 6.60. The van der Waals surface area contributed by atoms with Crippen molar-refractivity contribution in [2.24, 2.45) is 0 Å². The summed E-state index contributed by atoms with van der Waals surface area (Å²) in [5.41, 5.74) is 0. The molecule has 0 unspecified atom stereocenters. The molecule has 0 spiro atoms. The number of cyclic esters (lactones) is 1. The van der Waals surface area contributed by atoms with Crippen molar-refractivity contribution in [1.82, 2.24) is 4.90 Å². The van der Waals surface area contributed by atoms with Crippen LogP contribution in [-0.4, -0.2) is 41.1 Å². The number of ether oxygens (including phenoxy) is 1. The second kappa shape index (κ2) is 2.41. The van der Waals surface area contributed by atoms with Gasteiger partial charge in [-0.25, -0.2) is 4.79 Å². The van der Waals surface area contributed by atoms with Crippen LogP contribution in [0.3, 0.4) is 0 Å². The van der Waals surface area contributed by atoms with Crippen LogP contribution in [0.2, 0.25) is 0 Å². The van der Waals surface area contributed by atoms with E-state index in [1.165, 1.54) is 0 Å². The van der Waals surface area contributed by atoms with Gasteiger partial charge in [0.15, 0.2) is 6.61 Å². The van der Waals surface area contributed by atoms with Crippen molar-refractivity contribution in [3.8, 4) is 0 Å². The van der Waals surface area contributed by atoms with Gasteiger partial charge >= 0.3 is 5.97 Å². The Balaban J connectivity index is 2.20. The number of thioether (sulfide) groups is 1. The van der Waals surface area contributed by atoms with Gasteiger partial charge in [-0.2, -0.15) is 0 Å². The van der Waals surface area contributed by atoms with Gasteiger partial charge < -0.3 is 9.64 Å². The Morgan fingerprint density at radius 3 is 3.09 bits per heavy atom. The van der Waals surface area contributed by atoms with Crippen molar-refractivity contribution in [1.29, 1.82) is 0 Å². The second-order valence-corrected chi connectivity index (χ2v) is 3.49. The number of rotatable bonds is 0. The molecule has 2 heterocycles. The van der Waals surface area contributed by atoms with Crippen LogP contribution in [0.1, 0.15) is 0 Å². The highest BCUT2D eigenvalue weighted by Gasteiger charge is 2.39. The van der Waals surface area contributed by atoms with E-state index in [9.17, 15) is 9.59 Å². The fraction of sp³-hybridized carbons (Fsp3) is 0.667. The van der Waals surface area contributed by atoms with E-state index < -0.39 is 0 Å². The Kier molecular flexibility index (Phi) is 1.52. The minimum absolute atomic E-state index is 0.0698. The Bertz CT molecular complexity index is 196. The van der Waals surface area contributed by atoms with E-state index in [-0.39, 0.29) is 24.5 Å². The molecule has 5 heteroatoms. The molecule has 60 valence electrons. The van der Waals surface area contributed by atoms with E-state index in [1.807, 2.05) is 0 Å². The Labute approximate surface area is 67.9 Å². The normalized spacial score (nSPS) is 30.2. The number of amides is 1. The first-order chi connectivity index (χ1) is 5.29. The molecule has 1 amide bonds. The van der Waals surface area contributed by atoms with Crippen LogP contribution < -0.4 is 0 Å². The van der Waals surface area contributed by atoms with E-state index in [2.05, 4.69) is 4.74 Å². The van der Waals surface area contributed by atoms with Crippen LogP contribution in [0.4, 0.5) is 0 Å². The molecule has 2 fully saturated rings. The van der Waals surface area contributed by atoms with E-state index in [0.29, 0.717) is 11.6 Å². The fourth-order valence-electron chi connectivity index (χ4n) is 1.20. The molecule has 0 radical (unpaired) electrons. The number of hydrogen-bond donors (Lipinski definition) is 0. The lowest BCUT2D eigenvalue weighted by Crippen LogP contribution is -2.49. The molecule has 2 aliphatic rings. The third kappa shape index (κ3) is 0.994. The smallest absolute Gasteiger partial charge is 0.330 e. The molecule has 2 rings (SSSR count). The predicted molar refractivity (Wildman–Crippen MR) is 38.9 cm³/mol. The molecule has 2 saturated heterocycles. The van der Waals surface area contributed by atoms with Crippen molar-refractivity contribution in [2.75, 3.05) is 18.2 Å². The van der Waals surface area contributed by atoms with Gasteiger partial charge in [-0.1, -0.05) is 0 Å². The second-order valence-electron chi connectivity index (χ2n) is 2.49. The Hall–Kier alpha value is -0.710. The van der Waals surface area contributed by atoms with Crippen molar-refractivity contribution in [3.05, 3.63) is 0 Å². The number of carbonyl (C=O) groups excluding carboxylic acids is 2. The minimum atomic E-state index is -0.304. The van der Waals surface area contributed by atoms with Gasteiger partial charge in [-0.05, 0) is 0 Å². The lowest BCUT2D eigenvalue weighted by molar-refractivity contribution is -0.165. The highest BCUT2D eigenvalue weighted by atomic mass is 32.2. The summed E-state index contributed by atoms with van der Waals surface area (Å²) in [5.74, 6) is 0.998. The van der Waals surface area contributed by atoms with E-state index in [0.717, 1.165) is 0 Å². The summed E-state index contributed by atoms with van der Waals surface area (Å²) >= 11 is 1.59. The molecule has 0 saturated carbocycles. The molecule has 2 aliphatic heterocycles. The maximum Gasteiger partial charge on any atom is 0.330 e. The van der Waals surface area contributed by atoms with E-state index in [4.69, 9.17) is 0 Å². The summed E-state index contributed by atoms with van der Waals surface area (Å²) in [5, 5.41) is 0. The molecular weight excluding hydrogens is 166 g/mol. The molecule has 0 bridgehead atoms. The first-order valence-electron chi connectivity index (χ1n) is 3.33. The van der Waals surface area contributed by atoms with Crippen LogP contribution in [-0.2, 0) is 14.3 Å². The van der Waals surface area contributed by atoms with Gasteiger partial charge in [-0.3, -0.25) is 4.79 Å². The summed E-state index contributed by atoms with van der Waals surface area (Å²) in [6.07, 6.45) is 0. The van der Waals surface area contributed by atoms with Gasteiger partial charge in [-0.15, -0.1) is 11.8 Å². The molecule has 0 aromatic carbocycles. The third-order valence-corrected chi connectivity index (χ3v) is 2.82. The van der Waals surface area contributed by atoms with Gasteiger partial charge in [0.2, 0.25) is 0 Å². The van der Waals surface area contributed by atoms with E-state index >= 15 is 0 Å². The Morgan fingerprint density at radius 2 is 2.36 bits per heavy atom. The summed E-state index contributed by atoms with van der Waals surface area (Å²) in [4.78, 5) is 23.6. The summed E-state index contributed by atoms with van der Waals surface area (Å²) in [7, 11) is 0. The number of hydrogen-bond acceptors (Lipinski definition) is 4. The van der Waals surface area contributed by atoms with Crippen LogP contribution in [0, 0.1) is 0 Å². The SMILES string of the molecule is O=C1OCC(=O)N2CSC[C@@H]12. The predicted octanol–water partition coefficient (Wildman–Crippen LogP) is -0.555. The first kappa shape index (κ1) is 6.97. The number of fused-ring (bicyclic) bond motifs is 1. The highest BCUT2D eigenvalue weighted by Crippen LogP contribution is 2.24. The molecule has 4 nitrogen and oxygen atoms in total. The van der Waals surface area contributed by atoms with Crippen molar-refractivity contribution >= 4 is 23.6 Å². The monoisotopic (exact) mass is 173 g/mol. The van der Waals surface area contributed by atoms with Crippen LogP contribution in [0.5, 0.6) is 0 Å². The van der Waals surface area contributed by atoms with Gasteiger partial charge in [0.05, 0.1) is 5.88 Å². The van der Waals surface area contributed by atoms with Crippen molar-refractivity contribution in [3.63, 3.8) is 0 Å². The van der Waals surface area contributed by atoms with Crippen molar-refractivity contribution in [2.45, 2.75) is 6.04 Å². The third-order valence-electron chi connectivity index (χ3n) is 1.81. The van der Waals surface area contributed by atoms with Crippen molar-refractivity contribution < 1.29 is 14.3 Å². The first-order valence-corrected chi connectivity index (χ1v) is 4.48. The lowest BCUT2D eigenvalue weighted by Gasteiger charge is -2.26. The average Bonchev–Trinajstić information content (AvgIpc) is 2.45. The summed E-state index contributed by atoms with van der Waals surface area (Å²) in [6, 6.07) is -0.304. The fourth-order valence-corrected chi connectivity index (χ4v) is 2.36. The number of esters is 1.